The Bertz CT molecular complexity index is 471. The highest BCUT2D eigenvalue weighted by atomic mass is 16.4. The van der Waals surface area contributed by atoms with Crippen LogP contribution in [0.3, 0.4) is 0 Å². The van der Waals surface area contributed by atoms with E-state index in [0.29, 0.717) is 5.69 Å². The van der Waals surface area contributed by atoms with E-state index in [-0.39, 0.29) is 5.69 Å². The van der Waals surface area contributed by atoms with Crippen LogP contribution in [-0.4, -0.2) is 30.4 Å². The highest BCUT2D eigenvalue weighted by Gasteiger charge is 2.11. The van der Waals surface area contributed by atoms with E-state index < -0.39 is 5.97 Å². The summed E-state index contributed by atoms with van der Waals surface area (Å²) in [7, 11) is 1.76. The summed E-state index contributed by atoms with van der Waals surface area (Å²) in [4.78, 5) is 14.5. The summed E-state index contributed by atoms with van der Waals surface area (Å²) >= 11 is 0. The Morgan fingerprint density at radius 2 is 2.29 bits per heavy atom. The zero-order chi connectivity index (χ0) is 10.1. The van der Waals surface area contributed by atoms with Crippen molar-refractivity contribution in [3.05, 3.63) is 30.6 Å². The van der Waals surface area contributed by atoms with Gasteiger partial charge in [-0.25, -0.2) is 9.78 Å². The van der Waals surface area contributed by atoms with Crippen molar-refractivity contribution in [2.45, 2.75) is 0 Å². The zero-order valence-electron chi connectivity index (χ0n) is 7.45. The number of aryl methyl sites for hydroxylation is 1. The highest BCUT2D eigenvalue weighted by molar-refractivity contribution is 5.86. The molecule has 0 radical (unpaired) electrons. The Morgan fingerprint density at radius 1 is 1.50 bits per heavy atom. The zero-order valence-corrected chi connectivity index (χ0v) is 7.45. The van der Waals surface area contributed by atoms with Crippen LogP contribution >= 0.6 is 0 Å². The summed E-state index contributed by atoms with van der Waals surface area (Å²) in [6.07, 6.45) is 6.04. The Hall–Kier alpha value is -2.11. The van der Waals surface area contributed by atoms with E-state index in [1.54, 1.807) is 24.1 Å². The monoisotopic (exact) mass is 192 g/mol. The quantitative estimate of drug-likeness (QED) is 0.742. The molecule has 0 saturated carbocycles. The molecule has 2 aromatic heterocycles. The van der Waals surface area contributed by atoms with Gasteiger partial charge in [0.15, 0.2) is 5.69 Å². The molecule has 0 amide bonds. The average Bonchev–Trinajstić information content (AvgIpc) is 2.70. The van der Waals surface area contributed by atoms with E-state index in [1.807, 2.05) is 0 Å². The van der Waals surface area contributed by atoms with Crippen molar-refractivity contribution < 1.29 is 9.90 Å². The lowest BCUT2D eigenvalue weighted by atomic mass is 10.4. The first-order chi connectivity index (χ1) is 6.68. The van der Waals surface area contributed by atoms with Crippen LogP contribution < -0.4 is 0 Å². The van der Waals surface area contributed by atoms with Crippen molar-refractivity contribution in [2.24, 2.45) is 7.05 Å². The van der Waals surface area contributed by atoms with Crippen LogP contribution in [0.25, 0.3) is 5.69 Å². The fourth-order valence-electron chi connectivity index (χ4n) is 1.19. The van der Waals surface area contributed by atoms with Gasteiger partial charge in [0.1, 0.15) is 0 Å². The summed E-state index contributed by atoms with van der Waals surface area (Å²) in [6, 6.07) is 0. The lowest BCUT2D eigenvalue weighted by Gasteiger charge is -1.99. The number of hydrogen-bond acceptors (Lipinski definition) is 3. The van der Waals surface area contributed by atoms with Crippen LogP contribution in [0.15, 0.2) is 24.9 Å². The number of imidazole rings is 1. The lowest BCUT2D eigenvalue weighted by molar-refractivity contribution is 0.0688. The molecule has 0 bridgehead atoms. The molecule has 0 saturated heterocycles. The van der Waals surface area contributed by atoms with Gasteiger partial charge in [-0.05, 0) is 0 Å². The van der Waals surface area contributed by atoms with E-state index in [2.05, 4.69) is 10.1 Å². The van der Waals surface area contributed by atoms with Gasteiger partial charge in [0.05, 0.1) is 24.4 Å². The number of nitrogens with zero attached hydrogens (tertiary/aromatic N) is 4. The molecule has 0 atom stereocenters. The first-order valence-electron chi connectivity index (χ1n) is 3.93. The summed E-state index contributed by atoms with van der Waals surface area (Å²) in [6.45, 7) is 0. The van der Waals surface area contributed by atoms with Crippen LogP contribution in [0.4, 0.5) is 0 Å². The van der Waals surface area contributed by atoms with Gasteiger partial charge in [-0.15, -0.1) is 0 Å². The van der Waals surface area contributed by atoms with Crippen molar-refractivity contribution >= 4 is 5.97 Å². The van der Waals surface area contributed by atoms with Gasteiger partial charge in [-0.1, -0.05) is 0 Å². The SMILES string of the molecule is Cn1cc(-n2cncc2C(=O)O)cn1. The molecule has 0 aliphatic heterocycles. The van der Waals surface area contributed by atoms with Crippen molar-refractivity contribution in [1.82, 2.24) is 19.3 Å². The number of carboxylic acids is 1. The third-order valence-electron chi connectivity index (χ3n) is 1.83. The molecule has 0 fully saturated rings. The number of aromatic nitrogens is 4. The standard InChI is InChI=1S/C8H8N4O2/c1-11-4-6(2-10-11)12-5-9-3-7(12)8(13)14/h2-5H,1H3,(H,13,14). The maximum absolute atomic E-state index is 10.8. The molecular formula is C8H8N4O2. The van der Waals surface area contributed by atoms with Gasteiger partial charge in [0.25, 0.3) is 0 Å². The first-order valence-corrected chi connectivity index (χ1v) is 3.93. The minimum atomic E-state index is -1.01. The smallest absolute Gasteiger partial charge is 0.354 e. The maximum atomic E-state index is 10.8. The molecule has 6 nitrogen and oxygen atoms in total. The number of hydrogen-bond donors (Lipinski definition) is 1. The summed E-state index contributed by atoms with van der Waals surface area (Å²) in [5.41, 5.74) is 0.806. The predicted molar refractivity (Wildman–Crippen MR) is 47.3 cm³/mol. The molecule has 0 aliphatic rings. The number of rotatable bonds is 2. The molecular weight excluding hydrogens is 184 g/mol. The van der Waals surface area contributed by atoms with E-state index in [4.69, 9.17) is 5.11 Å². The molecule has 72 valence electrons. The summed E-state index contributed by atoms with van der Waals surface area (Å²) in [5, 5.41) is 12.8. The fraction of sp³-hybridized carbons (Fsp3) is 0.125. The minimum absolute atomic E-state index is 0.123. The predicted octanol–water partition coefficient (Wildman–Crippen LogP) is 0.304. The molecule has 2 rings (SSSR count). The van der Waals surface area contributed by atoms with Crippen molar-refractivity contribution in [2.75, 3.05) is 0 Å². The van der Waals surface area contributed by atoms with Crippen LogP contribution in [0.5, 0.6) is 0 Å². The van der Waals surface area contributed by atoms with Gasteiger partial charge in [0.2, 0.25) is 0 Å². The van der Waals surface area contributed by atoms with Crippen molar-refractivity contribution in [3.63, 3.8) is 0 Å². The fourth-order valence-corrected chi connectivity index (χ4v) is 1.19. The minimum Gasteiger partial charge on any atom is -0.477 e. The van der Waals surface area contributed by atoms with Gasteiger partial charge in [-0.2, -0.15) is 5.10 Å². The number of carbonyl (C=O) groups is 1. The Labute approximate surface area is 79.4 Å². The maximum Gasteiger partial charge on any atom is 0.354 e. The van der Waals surface area contributed by atoms with Gasteiger partial charge in [0, 0.05) is 13.2 Å². The second-order valence-electron chi connectivity index (χ2n) is 2.83. The Balaban J connectivity index is 2.51. The van der Waals surface area contributed by atoms with Gasteiger partial charge in [-0.3, -0.25) is 9.25 Å². The van der Waals surface area contributed by atoms with Gasteiger partial charge >= 0.3 is 5.97 Å². The van der Waals surface area contributed by atoms with Crippen LogP contribution in [0.2, 0.25) is 0 Å². The normalized spacial score (nSPS) is 10.4. The van der Waals surface area contributed by atoms with E-state index in [0.717, 1.165) is 0 Å². The molecule has 1 N–H and O–H groups in total. The largest absolute Gasteiger partial charge is 0.477 e. The van der Waals surface area contributed by atoms with Crippen molar-refractivity contribution in [1.29, 1.82) is 0 Å². The third-order valence-corrected chi connectivity index (χ3v) is 1.83. The molecule has 0 unspecified atom stereocenters. The molecule has 2 heterocycles. The number of carboxylic acid groups (broad SMARTS) is 1. The van der Waals surface area contributed by atoms with E-state index >= 15 is 0 Å². The summed E-state index contributed by atoms with van der Waals surface area (Å²) < 4.78 is 3.07. The Kier molecular flexibility index (Phi) is 1.81. The molecule has 0 aliphatic carbocycles. The topological polar surface area (TPSA) is 72.9 Å². The lowest BCUT2D eigenvalue weighted by Crippen LogP contribution is -2.04. The average molecular weight is 192 g/mol. The van der Waals surface area contributed by atoms with Gasteiger partial charge < -0.3 is 5.11 Å². The third kappa shape index (κ3) is 1.26. The highest BCUT2D eigenvalue weighted by Crippen LogP contribution is 2.09. The summed E-state index contributed by atoms with van der Waals surface area (Å²) in [5.74, 6) is -1.01. The van der Waals surface area contributed by atoms with Crippen LogP contribution in [0.1, 0.15) is 10.5 Å². The molecule has 0 spiro atoms. The van der Waals surface area contributed by atoms with E-state index in [9.17, 15) is 4.79 Å². The first kappa shape index (κ1) is 8.49. The second kappa shape index (κ2) is 2.99. The molecule has 0 aromatic carbocycles. The molecule has 14 heavy (non-hydrogen) atoms. The van der Waals surface area contributed by atoms with E-state index in [1.165, 1.54) is 17.1 Å². The van der Waals surface area contributed by atoms with Crippen LogP contribution in [0, 0.1) is 0 Å². The molecule has 6 heteroatoms. The number of aromatic carboxylic acids is 1. The van der Waals surface area contributed by atoms with Crippen molar-refractivity contribution in [3.8, 4) is 5.69 Å². The molecule has 2 aromatic rings. The Morgan fingerprint density at radius 3 is 2.86 bits per heavy atom. The van der Waals surface area contributed by atoms with Crippen LogP contribution in [-0.2, 0) is 7.05 Å². The second-order valence-corrected chi connectivity index (χ2v) is 2.83.